The molecule has 1 heterocycles. The van der Waals surface area contributed by atoms with E-state index in [0.717, 1.165) is 23.0 Å². The SMILES string of the molecule is Cc1cc(F)c(NC(=O)NCCC2(C)CC2)cc1-c1cc(OCCO)cc(B2OC(C)(C)C(C)(C)O2)c1. The summed E-state index contributed by atoms with van der Waals surface area (Å²) in [4.78, 5) is 12.5. The largest absolute Gasteiger partial charge is 0.494 e. The molecule has 37 heavy (non-hydrogen) atoms. The fourth-order valence-electron chi connectivity index (χ4n) is 4.33. The summed E-state index contributed by atoms with van der Waals surface area (Å²) >= 11 is 0. The van der Waals surface area contributed by atoms with Crippen molar-refractivity contribution in [3.63, 3.8) is 0 Å². The Balaban J connectivity index is 1.61. The van der Waals surface area contributed by atoms with Crippen LogP contribution < -0.4 is 20.8 Å². The first-order valence-electron chi connectivity index (χ1n) is 12.9. The Labute approximate surface area is 219 Å². The molecule has 9 heteroatoms. The van der Waals surface area contributed by atoms with Crippen molar-refractivity contribution in [3.05, 3.63) is 41.7 Å². The highest BCUT2D eigenvalue weighted by atomic mass is 19.1. The van der Waals surface area contributed by atoms with Crippen LogP contribution in [0.3, 0.4) is 0 Å². The van der Waals surface area contributed by atoms with Gasteiger partial charge < -0.3 is 29.8 Å². The van der Waals surface area contributed by atoms with Crippen molar-refractivity contribution in [1.82, 2.24) is 5.32 Å². The van der Waals surface area contributed by atoms with E-state index in [2.05, 4.69) is 17.6 Å². The summed E-state index contributed by atoms with van der Waals surface area (Å²) in [6.45, 7) is 12.5. The van der Waals surface area contributed by atoms with Crippen LogP contribution in [-0.4, -0.2) is 49.2 Å². The lowest BCUT2D eigenvalue weighted by molar-refractivity contribution is 0.00578. The number of ether oxygens (including phenoxy) is 1. The predicted molar refractivity (Wildman–Crippen MR) is 144 cm³/mol. The Hall–Kier alpha value is -2.62. The molecule has 2 amide bonds. The van der Waals surface area contributed by atoms with E-state index >= 15 is 0 Å². The van der Waals surface area contributed by atoms with Crippen molar-refractivity contribution in [3.8, 4) is 16.9 Å². The quantitative estimate of drug-likeness (QED) is 0.421. The number of rotatable bonds is 9. The standard InChI is InChI=1S/C28H38BFN2O5/c1-18-13-23(30)24(32-25(34)31-10-9-28(6)7-8-28)17-22(18)19-14-20(16-21(15-19)35-12-11-33)29-36-26(2,3)27(4,5)37-29/h13-17,33H,7-12H2,1-6H3,(H2,31,32,34). The molecule has 0 unspecified atom stereocenters. The van der Waals surface area contributed by atoms with Crippen molar-refractivity contribution in [2.24, 2.45) is 5.41 Å². The average molecular weight is 512 g/mol. The van der Waals surface area contributed by atoms with Gasteiger partial charge in [-0.2, -0.15) is 0 Å². The van der Waals surface area contributed by atoms with Gasteiger partial charge in [0.25, 0.3) is 0 Å². The summed E-state index contributed by atoms with van der Waals surface area (Å²) in [7, 11) is -0.626. The normalized spacial score (nSPS) is 19.0. The Morgan fingerprint density at radius 3 is 2.38 bits per heavy atom. The molecule has 0 atom stereocenters. The minimum atomic E-state index is -0.626. The van der Waals surface area contributed by atoms with Crippen molar-refractivity contribution >= 4 is 24.3 Å². The molecule has 1 aliphatic carbocycles. The van der Waals surface area contributed by atoms with Gasteiger partial charge in [-0.25, -0.2) is 9.18 Å². The molecule has 1 saturated heterocycles. The number of carbonyl (C=O) groups is 1. The number of hydrogen-bond acceptors (Lipinski definition) is 5. The number of nitrogens with one attached hydrogen (secondary N) is 2. The van der Waals surface area contributed by atoms with Crippen LogP contribution in [0.5, 0.6) is 5.75 Å². The van der Waals surface area contributed by atoms with Crippen molar-refractivity contribution in [2.75, 3.05) is 25.1 Å². The summed E-state index contributed by atoms with van der Waals surface area (Å²) in [6.07, 6.45) is 3.27. The smallest absolute Gasteiger partial charge is 0.491 e. The Morgan fingerprint density at radius 1 is 1.08 bits per heavy atom. The lowest BCUT2D eigenvalue weighted by Crippen LogP contribution is -2.41. The van der Waals surface area contributed by atoms with Gasteiger partial charge in [-0.1, -0.05) is 13.0 Å². The molecule has 2 fully saturated rings. The highest BCUT2D eigenvalue weighted by Gasteiger charge is 2.51. The van der Waals surface area contributed by atoms with Gasteiger partial charge >= 0.3 is 13.1 Å². The van der Waals surface area contributed by atoms with E-state index in [9.17, 15) is 14.3 Å². The molecule has 4 rings (SSSR count). The van der Waals surface area contributed by atoms with Gasteiger partial charge in [-0.15, -0.1) is 0 Å². The van der Waals surface area contributed by atoms with E-state index in [1.165, 1.54) is 18.9 Å². The molecule has 2 aromatic rings. The summed E-state index contributed by atoms with van der Waals surface area (Å²) < 4.78 is 33.1. The zero-order valence-corrected chi connectivity index (χ0v) is 22.7. The van der Waals surface area contributed by atoms with Crippen LogP contribution in [-0.2, 0) is 9.31 Å². The third kappa shape index (κ3) is 6.28. The van der Waals surface area contributed by atoms with Crippen LogP contribution in [0.4, 0.5) is 14.9 Å². The Kier molecular flexibility index (Phi) is 7.61. The van der Waals surface area contributed by atoms with Gasteiger partial charge in [0.15, 0.2) is 0 Å². The molecule has 2 aromatic carbocycles. The van der Waals surface area contributed by atoms with Crippen LogP contribution in [0.2, 0.25) is 0 Å². The second kappa shape index (κ2) is 10.3. The van der Waals surface area contributed by atoms with Gasteiger partial charge in [0.1, 0.15) is 18.2 Å². The summed E-state index contributed by atoms with van der Waals surface area (Å²) in [5.41, 5.74) is 2.30. The molecule has 2 aliphatic rings. The maximum absolute atomic E-state index is 14.8. The zero-order chi connectivity index (χ0) is 27.0. The van der Waals surface area contributed by atoms with Crippen LogP contribution in [0.15, 0.2) is 30.3 Å². The highest BCUT2D eigenvalue weighted by molar-refractivity contribution is 6.62. The number of amides is 2. The average Bonchev–Trinajstić information content (AvgIpc) is 3.49. The van der Waals surface area contributed by atoms with Gasteiger partial charge in [0, 0.05) is 6.54 Å². The van der Waals surface area contributed by atoms with Crippen molar-refractivity contribution in [1.29, 1.82) is 0 Å². The van der Waals surface area contributed by atoms with Crippen molar-refractivity contribution < 1.29 is 28.3 Å². The van der Waals surface area contributed by atoms with E-state index in [4.69, 9.17) is 14.0 Å². The first-order valence-corrected chi connectivity index (χ1v) is 12.9. The van der Waals surface area contributed by atoms with Crippen LogP contribution in [0.25, 0.3) is 11.1 Å². The topological polar surface area (TPSA) is 89.1 Å². The number of anilines is 1. The van der Waals surface area contributed by atoms with Gasteiger partial charge in [0.05, 0.1) is 23.5 Å². The number of aliphatic hydroxyl groups is 1. The summed E-state index contributed by atoms with van der Waals surface area (Å²) in [5, 5.41) is 14.8. The molecule has 0 spiro atoms. The number of halogens is 1. The number of aryl methyl sites for hydroxylation is 1. The lowest BCUT2D eigenvalue weighted by Gasteiger charge is -2.32. The molecule has 200 valence electrons. The van der Waals surface area contributed by atoms with E-state index in [1.807, 2.05) is 52.8 Å². The van der Waals surface area contributed by atoms with E-state index in [0.29, 0.717) is 23.3 Å². The molecule has 1 aliphatic heterocycles. The van der Waals surface area contributed by atoms with Crippen LogP contribution in [0, 0.1) is 18.2 Å². The third-order valence-corrected chi connectivity index (χ3v) is 7.81. The minimum absolute atomic E-state index is 0.0922. The van der Waals surface area contributed by atoms with E-state index < -0.39 is 30.2 Å². The molecule has 3 N–H and O–H groups in total. The first-order chi connectivity index (χ1) is 17.3. The number of urea groups is 1. The number of benzene rings is 2. The molecular weight excluding hydrogens is 474 g/mol. The first kappa shape index (κ1) is 27.4. The molecule has 0 aromatic heterocycles. The minimum Gasteiger partial charge on any atom is -0.491 e. The highest BCUT2D eigenvalue weighted by Crippen LogP contribution is 2.47. The predicted octanol–water partition coefficient (Wildman–Crippen LogP) is 4.78. The second-order valence-corrected chi connectivity index (χ2v) is 11.5. The lowest BCUT2D eigenvalue weighted by atomic mass is 9.77. The molecule has 1 saturated carbocycles. The van der Waals surface area contributed by atoms with Crippen LogP contribution >= 0.6 is 0 Å². The number of carbonyl (C=O) groups excluding carboxylic acids is 1. The summed E-state index contributed by atoms with van der Waals surface area (Å²) in [5.74, 6) is 0.0187. The van der Waals surface area contributed by atoms with Crippen molar-refractivity contribution in [2.45, 2.75) is 72.0 Å². The van der Waals surface area contributed by atoms with Gasteiger partial charge in [-0.05, 0) is 106 Å². The fourth-order valence-corrected chi connectivity index (χ4v) is 4.33. The fraction of sp³-hybridized carbons (Fsp3) is 0.536. The van der Waals surface area contributed by atoms with E-state index in [-0.39, 0.29) is 18.9 Å². The van der Waals surface area contributed by atoms with Crippen LogP contribution in [0.1, 0.15) is 59.4 Å². The van der Waals surface area contributed by atoms with Gasteiger partial charge in [0.2, 0.25) is 0 Å². The molecular formula is C28H38BFN2O5. The maximum atomic E-state index is 14.8. The Morgan fingerprint density at radius 2 is 1.76 bits per heavy atom. The third-order valence-electron chi connectivity index (χ3n) is 7.81. The number of aliphatic hydroxyl groups excluding tert-OH is 1. The molecule has 0 radical (unpaired) electrons. The monoisotopic (exact) mass is 512 g/mol. The number of hydrogen-bond donors (Lipinski definition) is 3. The van der Waals surface area contributed by atoms with Gasteiger partial charge in [-0.3, -0.25) is 0 Å². The molecule has 0 bridgehead atoms. The maximum Gasteiger partial charge on any atom is 0.494 e. The van der Waals surface area contributed by atoms with E-state index in [1.54, 1.807) is 6.07 Å². The molecule has 7 nitrogen and oxygen atoms in total. The Bertz CT molecular complexity index is 1150. The zero-order valence-electron chi connectivity index (χ0n) is 22.7. The summed E-state index contributed by atoms with van der Waals surface area (Å²) in [6, 6.07) is 8.18. The second-order valence-electron chi connectivity index (χ2n) is 11.5.